The van der Waals surface area contributed by atoms with Crippen molar-refractivity contribution in [3.8, 4) is 5.88 Å². The molecule has 38 heavy (non-hydrogen) atoms. The largest absolute Gasteiger partial charge is 0.493 e. The molecule has 0 atom stereocenters. The van der Waals surface area contributed by atoms with Gasteiger partial charge < -0.3 is 10.1 Å². The maximum absolute atomic E-state index is 13.8. The first kappa shape index (κ1) is 25.4. The Morgan fingerprint density at radius 3 is 2.29 bits per heavy atom. The zero-order chi connectivity index (χ0) is 26.7. The minimum Gasteiger partial charge on any atom is -0.493 e. The van der Waals surface area contributed by atoms with E-state index in [1.807, 2.05) is 30.3 Å². The summed E-state index contributed by atoms with van der Waals surface area (Å²) in [4.78, 5) is 16.2. The summed E-state index contributed by atoms with van der Waals surface area (Å²) in [5.74, 6) is -0.994. The monoisotopic (exact) mass is 588 g/mol. The molecule has 0 spiro atoms. The summed E-state index contributed by atoms with van der Waals surface area (Å²) < 4.78 is 29.6. The molecule has 5 aromatic rings. The average Bonchev–Trinajstić information content (AvgIpc) is 3.25. The minimum absolute atomic E-state index is 0.00321. The number of aromatic nitrogens is 1. The van der Waals surface area contributed by atoms with Crippen LogP contribution in [0.5, 0.6) is 5.88 Å². The molecule has 0 unspecified atom stereocenters. The Bertz CT molecular complexity index is 1750. The number of hydrogen-bond acceptors (Lipinski definition) is 5. The number of H-pyrrole nitrogens is 1. The van der Waals surface area contributed by atoms with Crippen LogP contribution in [0, 0.1) is 0 Å². The maximum atomic E-state index is 13.8. The minimum atomic E-state index is -4.05. The smallest absolute Gasteiger partial charge is 0.297 e. The third-order valence-corrected chi connectivity index (χ3v) is 8.13. The van der Waals surface area contributed by atoms with Gasteiger partial charge in [0.15, 0.2) is 5.69 Å². The summed E-state index contributed by atoms with van der Waals surface area (Å²) in [5.41, 5.74) is 1.67. The second kappa shape index (κ2) is 10.6. The molecule has 1 aromatic heterocycles. The number of aromatic amines is 1. The SMILES string of the molecule is O=C(N=Nc1c(O)[nH]c2ccc(Br)cc12)c1ccccc1N(Cc1ccccc1)S(=O)(=O)c1ccccc1. The summed E-state index contributed by atoms with van der Waals surface area (Å²) in [6.45, 7) is -0.00321. The lowest BCUT2D eigenvalue weighted by atomic mass is 10.1. The third-order valence-electron chi connectivity index (χ3n) is 5.86. The highest BCUT2D eigenvalue weighted by molar-refractivity contribution is 9.10. The molecule has 1 heterocycles. The number of azo groups is 1. The molecule has 190 valence electrons. The summed E-state index contributed by atoms with van der Waals surface area (Å²) in [6.07, 6.45) is 0. The Balaban J connectivity index is 1.57. The zero-order valence-electron chi connectivity index (χ0n) is 19.8. The molecule has 0 saturated carbocycles. The predicted molar refractivity (Wildman–Crippen MR) is 149 cm³/mol. The molecule has 5 rings (SSSR count). The predicted octanol–water partition coefficient (Wildman–Crippen LogP) is 6.96. The number of anilines is 1. The van der Waals surface area contributed by atoms with E-state index >= 15 is 0 Å². The van der Waals surface area contributed by atoms with Gasteiger partial charge in [0, 0.05) is 9.86 Å². The summed E-state index contributed by atoms with van der Waals surface area (Å²) in [5, 5.41) is 18.8. The molecule has 8 nitrogen and oxygen atoms in total. The fourth-order valence-corrected chi connectivity index (χ4v) is 5.88. The number of fused-ring (bicyclic) bond motifs is 1. The molecule has 0 fully saturated rings. The zero-order valence-corrected chi connectivity index (χ0v) is 22.2. The van der Waals surface area contributed by atoms with Crippen molar-refractivity contribution in [3.63, 3.8) is 0 Å². The van der Waals surface area contributed by atoms with Crippen LogP contribution in [0.25, 0.3) is 10.9 Å². The van der Waals surface area contributed by atoms with Crippen molar-refractivity contribution in [2.45, 2.75) is 11.4 Å². The maximum Gasteiger partial charge on any atom is 0.297 e. The van der Waals surface area contributed by atoms with Gasteiger partial charge in [0.05, 0.1) is 28.2 Å². The van der Waals surface area contributed by atoms with Crippen LogP contribution < -0.4 is 4.31 Å². The van der Waals surface area contributed by atoms with Crippen molar-refractivity contribution in [1.82, 2.24) is 4.98 Å². The highest BCUT2D eigenvalue weighted by Crippen LogP contribution is 2.37. The summed E-state index contributed by atoms with van der Waals surface area (Å²) >= 11 is 3.39. The van der Waals surface area contributed by atoms with Gasteiger partial charge in [-0.2, -0.15) is 0 Å². The van der Waals surface area contributed by atoms with Crippen LogP contribution in [0.3, 0.4) is 0 Å². The van der Waals surface area contributed by atoms with E-state index in [4.69, 9.17) is 0 Å². The quantitative estimate of drug-likeness (QED) is 0.200. The molecular weight excluding hydrogens is 568 g/mol. The average molecular weight is 589 g/mol. The molecule has 4 aromatic carbocycles. The van der Waals surface area contributed by atoms with Gasteiger partial charge in [-0.1, -0.05) is 76.6 Å². The van der Waals surface area contributed by atoms with Gasteiger partial charge in [-0.3, -0.25) is 9.10 Å². The topological polar surface area (TPSA) is 115 Å². The Morgan fingerprint density at radius 1 is 0.895 bits per heavy atom. The van der Waals surface area contributed by atoms with E-state index in [0.717, 1.165) is 10.0 Å². The number of benzene rings is 4. The first-order chi connectivity index (χ1) is 18.3. The molecule has 0 saturated heterocycles. The van der Waals surface area contributed by atoms with E-state index in [1.54, 1.807) is 54.6 Å². The van der Waals surface area contributed by atoms with Crippen LogP contribution >= 0.6 is 15.9 Å². The van der Waals surface area contributed by atoms with Crippen molar-refractivity contribution in [2.75, 3.05) is 4.31 Å². The lowest BCUT2D eigenvalue weighted by Gasteiger charge is -2.26. The normalized spacial score (nSPS) is 11.7. The van der Waals surface area contributed by atoms with E-state index < -0.39 is 15.9 Å². The van der Waals surface area contributed by atoms with Crippen LogP contribution in [0.4, 0.5) is 11.4 Å². The molecule has 0 aliphatic rings. The fraction of sp³-hybridized carbons (Fsp3) is 0.0357. The van der Waals surface area contributed by atoms with Crippen LogP contribution in [-0.4, -0.2) is 24.4 Å². The van der Waals surface area contributed by atoms with Crippen molar-refractivity contribution < 1.29 is 18.3 Å². The highest BCUT2D eigenvalue weighted by atomic mass is 79.9. The van der Waals surface area contributed by atoms with Crippen LogP contribution in [0.1, 0.15) is 15.9 Å². The fourth-order valence-electron chi connectivity index (χ4n) is 4.03. The third kappa shape index (κ3) is 5.09. The van der Waals surface area contributed by atoms with Gasteiger partial charge in [0.1, 0.15) is 0 Å². The van der Waals surface area contributed by atoms with Gasteiger partial charge in [-0.15, -0.1) is 10.2 Å². The number of rotatable bonds is 7. The van der Waals surface area contributed by atoms with Gasteiger partial charge in [-0.25, -0.2) is 8.42 Å². The molecule has 10 heteroatoms. The number of nitrogens with one attached hydrogen (secondary N) is 1. The lowest BCUT2D eigenvalue weighted by Crippen LogP contribution is -2.31. The first-order valence-electron chi connectivity index (χ1n) is 11.5. The van der Waals surface area contributed by atoms with Crippen molar-refractivity contribution in [2.24, 2.45) is 10.2 Å². The van der Waals surface area contributed by atoms with E-state index in [1.165, 1.54) is 22.5 Å². The molecule has 1 amide bonds. The number of halogens is 1. The van der Waals surface area contributed by atoms with E-state index in [2.05, 4.69) is 31.1 Å². The number of para-hydroxylation sites is 1. The van der Waals surface area contributed by atoms with Crippen molar-refractivity contribution in [1.29, 1.82) is 0 Å². The van der Waals surface area contributed by atoms with Gasteiger partial charge in [0.2, 0.25) is 5.88 Å². The van der Waals surface area contributed by atoms with Crippen molar-refractivity contribution in [3.05, 3.63) is 119 Å². The van der Waals surface area contributed by atoms with E-state index in [9.17, 15) is 18.3 Å². The number of carbonyl (C=O) groups excluding carboxylic acids is 1. The molecule has 0 aliphatic heterocycles. The molecular formula is C28H21BrN4O4S. The number of nitrogens with zero attached hydrogens (tertiary/aromatic N) is 3. The first-order valence-corrected chi connectivity index (χ1v) is 13.7. The second-order valence-electron chi connectivity index (χ2n) is 8.34. The number of aromatic hydroxyl groups is 1. The Hall–Kier alpha value is -4.28. The molecule has 2 N–H and O–H groups in total. The number of sulfonamides is 1. The Morgan fingerprint density at radius 2 is 1.55 bits per heavy atom. The standard InChI is InChI=1S/C28H21BrN4O4S/c29-20-15-16-24-23(17-20)26(28(35)30-24)31-32-27(34)22-13-7-8-14-25(22)33(18-19-9-3-1-4-10-19)38(36,37)21-11-5-2-6-12-21/h1-17,30,35H,18H2. The van der Waals surface area contributed by atoms with Crippen molar-refractivity contribution >= 4 is 54.1 Å². The highest BCUT2D eigenvalue weighted by Gasteiger charge is 2.28. The van der Waals surface area contributed by atoms with Gasteiger partial charge in [-0.05, 0) is 48.0 Å². The molecule has 0 bridgehead atoms. The summed E-state index contributed by atoms with van der Waals surface area (Å²) in [6, 6.07) is 28.8. The van der Waals surface area contributed by atoms with Crippen LogP contribution in [-0.2, 0) is 16.6 Å². The van der Waals surface area contributed by atoms with Gasteiger partial charge in [0.25, 0.3) is 15.9 Å². The second-order valence-corrected chi connectivity index (χ2v) is 11.1. The summed E-state index contributed by atoms with van der Waals surface area (Å²) in [7, 11) is -4.05. The molecule has 0 radical (unpaired) electrons. The van der Waals surface area contributed by atoms with Gasteiger partial charge >= 0.3 is 0 Å². The van der Waals surface area contributed by atoms with Crippen LogP contribution in [0.15, 0.2) is 123 Å². The van der Waals surface area contributed by atoms with Crippen LogP contribution in [0.2, 0.25) is 0 Å². The van der Waals surface area contributed by atoms with E-state index in [0.29, 0.717) is 10.9 Å². The number of amides is 1. The lowest BCUT2D eigenvalue weighted by molar-refractivity contribution is 0.0995. The van der Waals surface area contributed by atoms with E-state index in [-0.39, 0.29) is 34.3 Å². The number of carbonyl (C=O) groups is 1. The Kier molecular flexibility index (Phi) is 7.08. The number of hydrogen-bond donors (Lipinski definition) is 2. The molecule has 0 aliphatic carbocycles. The Labute approximate surface area is 227 Å².